The van der Waals surface area contributed by atoms with Gasteiger partial charge in [0.2, 0.25) is 0 Å². The molecule has 0 aromatic heterocycles. The molecular formula is H5F2N4P3. The van der Waals surface area contributed by atoms with Crippen molar-refractivity contribution < 1.29 is 8.39 Å². The third kappa shape index (κ3) is 2.40. The van der Waals surface area contributed by atoms with E-state index in [0.29, 0.717) is 0 Å². The minimum atomic E-state index is -4.18. The molecule has 1 heterocycles. The van der Waals surface area contributed by atoms with Gasteiger partial charge in [0.1, 0.15) is 8.01 Å². The second-order valence-electron chi connectivity index (χ2n) is 1.28. The number of nitrogens with one attached hydrogen (secondary N) is 1. The number of nitrogens with two attached hydrogens (primary N) is 1. The fourth-order valence-corrected chi connectivity index (χ4v) is 4.17. The summed E-state index contributed by atoms with van der Waals surface area (Å²) in [4.78, 5) is 1.91. The highest BCUT2D eigenvalue weighted by Crippen LogP contribution is 2.59. The summed E-state index contributed by atoms with van der Waals surface area (Å²) >= 11 is 0. The van der Waals surface area contributed by atoms with Gasteiger partial charge >= 0.3 is 7.83 Å². The van der Waals surface area contributed by atoms with E-state index in [2.05, 4.69) is 9.03 Å². The molecule has 2 unspecified atom stereocenters. The molecule has 2 atom stereocenters. The van der Waals surface area contributed by atoms with Crippen molar-refractivity contribution >= 4 is 24.7 Å². The Balaban J connectivity index is 2.88. The lowest BCUT2D eigenvalue weighted by Crippen LogP contribution is -1.90. The Hall–Kier alpha value is 0.670. The van der Waals surface area contributed by atoms with Gasteiger partial charge in [-0.2, -0.15) is 17.8 Å². The van der Waals surface area contributed by atoms with Crippen molar-refractivity contribution in [2.75, 3.05) is 0 Å². The molecule has 54 valence electrons. The van der Waals surface area contributed by atoms with Crippen molar-refractivity contribution in [3.8, 4) is 0 Å². The number of halogens is 2. The zero-order valence-corrected chi connectivity index (χ0v) is 7.07. The molecule has 4 nitrogen and oxygen atoms in total. The third-order valence-corrected chi connectivity index (χ3v) is 5.25. The van der Waals surface area contributed by atoms with Crippen LogP contribution in [0.2, 0.25) is 0 Å². The van der Waals surface area contributed by atoms with Gasteiger partial charge in [-0.3, -0.25) is 5.50 Å². The van der Waals surface area contributed by atoms with Crippen molar-refractivity contribution in [2.24, 2.45) is 14.5 Å². The summed E-state index contributed by atoms with van der Waals surface area (Å²) in [5, 5.41) is 0. The van der Waals surface area contributed by atoms with E-state index in [9.17, 15) is 8.39 Å². The van der Waals surface area contributed by atoms with Crippen LogP contribution in [0.4, 0.5) is 8.39 Å². The second-order valence-corrected chi connectivity index (χ2v) is 5.77. The Kier molecular flexibility index (Phi) is 2.36. The van der Waals surface area contributed by atoms with Gasteiger partial charge in [0.25, 0.3) is 0 Å². The fourth-order valence-electron chi connectivity index (χ4n) is 0.318. The van der Waals surface area contributed by atoms with Crippen molar-refractivity contribution in [1.82, 2.24) is 4.86 Å². The summed E-state index contributed by atoms with van der Waals surface area (Å²) in [6.07, 6.45) is 0. The topological polar surface area (TPSA) is 62.8 Å². The highest BCUT2D eigenvalue weighted by Gasteiger charge is 2.18. The molecule has 0 radical (unpaired) electrons. The van der Waals surface area contributed by atoms with Crippen molar-refractivity contribution in [1.29, 1.82) is 0 Å². The lowest BCUT2D eigenvalue weighted by Gasteiger charge is -2.09. The van der Waals surface area contributed by atoms with Gasteiger partial charge in [-0.15, -0.1) is 0 Å². The van der Waals surface area contributed by atoms with Crippen LogP contribution in [0.15, 0.2) is 9.03 Å². The van der Waals surface area contributed by atoms with E-state index in [1.54, 1.807) is 0 Å². The Morgan fingerprint density at radius 2 is 2.33 bits per heavy atom. The summed E-state index contributed by atoms with van der Waals surface area (Å²) in [7, 11) is -6.34. The first-order chi connectivity index (χ1) is 4.10. The maximum atomic E-state index is 12.2. The minimum absolute atomic E-state index is 0.266. The smallest absolute Gasteiger partial charge is 0.282 e. The average Bonchev–Trinajstić information content (AvgIpc) is 1.60. The fraction of sp³-hybridized carbons (Fsp3) is 0. The lowest BCUT2D eigenvalue weighted by molar-refractivity contribution is 0.716. The quantitative estimate of drug-likeness (QED) is 0.577. The van der Waals surface area contributed by atoms with E-state index in [1.165, 1.54) is 0 Å². The molecule has 0 amide bonds. The van der Waals surface area contributed by atoms with Crippen LogP contribution in [0.1, 0.15) is 0 Å². The molecule has 9 heteroatoms. The molecule has 0 aromatic carbocycles. The monoisotopic (exact) mass is 192 g/mol. The maximum Gasteiger partial charge on any atom is 0.375 e. The van der Waals surface area contributed by atoms with E-state index in [0.717, 1.165) is 0 Å². The molecule has 0 saturated carbocycles. The predicted octanol–water partition coefficient (Wildman–Crippen LogP) is 2.17. The molecule has 1 aliphatic rings. The number of rotatable bonds is 0. The molecule has 0 fully saturated rings. The number of hydrogen-bond acceptors (Lipinski definition) is 4. The summed E-state index contributed by atoms with van der Waals surface area (Å²) in [5.41, 5.74) is 5.09. The van der Waals surface area contributed by atoms with Crippen LogP contribution >= 0.6 is 24.7 Å². The van der Waals surface area contributed by atoms with Crippen LogP contribution in [-0.4, -0.2) is 0 Å². The maximum absolute atomic E-state index is 12.2. The SMILES string of the molecule is N[PH]1=NPNP(F)(F)=N1. The summed E-state index contributed by atoms with van der Waals surface area (Å²) in [5.74, 6) is 0. The Labute approximate surface area is 53.4 Å². The first-order valence-electron chi connectivity index (χ1n) is 1.97. The van der Waals surface area contributed by atoms with E-state index < -0.39 is 15.8 Å². The molecule has 0 aromatic rings. The number of hydrogen-bond donors (Lipinski definition) is 2. The van der Waals surface area contributed by atoms with Crippen molar-refractivity contribution in [2.45, 2.75) is 0 Å². The van der Waals surface area contributed by atoms with Gasteiger partial charge < -0.3 is 0 Å². The molecule has 0 bridgehead atoms. The Morgan fingerprint density at radius 3 is 2.67 bits per heavy atom. The molecule has 0 spiro atoms. The molecule has 0 saturated heterocycles. The lowest BCUT2D eigenvalue weighted by atomic mass is 13.8. The van der Waals surface area contributed by atoms with Gasteiger partial charge in [-0.05, 0) is 0 Å². The van der Waals surface area contributed by atoms with E-state index in [-0.39, 0.29) is 8.88 Å². The summed E-state index contributed by atoms with van der Waals surface area (Å²) < 4.78 is 31.0. The third-order valence-electron chi connectivity index (χ3n) is 0.583. The standard InChI is InChI=1S/F2H5N4P3/c1-9(2)5-7-4-8(3)6-9/h5,7-8H,(H2,3,4). The van der Waals surface area contributed by atoms with Gasteiger partial charge in [0.15, 0.2) is 0 Å². The Morgan fingerprint density at radius 1 is 1.67 bits per heavy atom. The summed E-state index contributed by atoms with van der Waals surface area (Å²) in [6, 6.07) is 0. The van der Waals surface area contributed by atoms with E-state index in [1.807, 2.05) is 4.86 Å². The van der Waals surface area contributed by atoms with Crippen LogP contribution in [-0.2, 0) is 0 Å². The second kappa shape index (κ2) is 2.73. The largest absolute Gasteiger partial charge is 0.375 e. The van der Waals surface area contributed by atoms with Crippen LogP contribution in [0.5, 0.6) is 0 Å². The van der Waals surface area contributed by atoms with Crippen LogP contribution in [0.25, 0.3) is 0 Å². The van der Waals surface area contributed by atoms with Crippen molar-refractivity contribution in [3.63, 3.8) is 0 Å². The number of nitrogens with zero attached hydrogens (tertiary/aromatic N) is 2. The zero-order chi connectivity index (χ0) is 6.91. The molecule has 3 N–H and O–H groups in total. The zero-order valence-electron chi connectivity index (χ0n) is 4.17. The normalized spacial score (nSPS) is 35.2. The predicted molar refractivity (Wildman–Crippen MR) is 37.9 cm³/mol. The average molecular weight is 192 g/mol. The van der Waals surface area contributed by atoms with Gasteiger partial charge in [-0.1, -0.05) is 0 Å². The molecule has 1 aliphatic heterocycles. The van der Waals surface area contributed by atoms with Gasteiger partial charge in [-0.25, -0.2) is 4.52 Å². The molecular weight excluding hydrogens is 187 g/mol. The van der Waals surface area contributed by atoms with Gasteiger partial charge in [0.05, 0.1) is 8.88 Å². The van der Waals surface area contributed by atoms with Crippen LogP contribution < -0.4 is 10.4 Å². The molecule has 0 aliphatic carbocycles. The van der Waals surface area contributed by atoms with E-state index in [4.69, 9.17) is 5.50 Å². The van der Waals surface area contributed by atoms with Crippen molar-refractivity contribution in [3.05, 3.63) is 0 Å². The summed E-state index contributed by atoms with van der Waals surface area (Å²) in [6.45, 7) is 0. The first-order valence-corrected chi connectivity index (χ1v) is 5.91. The van der Waals surface area contributed by atoms with Gasteiger partial charge in [0, 0.05) is 0 Å². The molecule has 1 rings (SSSR count). The minimum Gasteiger partial charge on any atom is -0.282 e. The highest BCUT2D eigenvalue weighted by molar-refractivity contribution is 7.71. The van der Waals surface area contributed by atoms with E-state index >= 15 is 0 Å². The highest BCUT2D eigenvalue weighted by atomic mass is 31.3. The first kappa shape index (κ1) is 7.77. The Bertz CT molecular complexity index is 190. The molecule has 9 heavy (non-hydrogen) atoms. The van der Waals surface area contributed by atoms with Crippen LogP contribution in [0, 0.1) is 0 Å². The van der Waals surface area contributed by atoms with Crippen LogP contribution in [0.3, 0.4) is 0 Å².